The smallest absolute Gasteiger partial charge is 0.292 e. The summed E-state index contributed by atoms with van der Waals surface area (Å²) < 4.78 is 7.80. The minimum Gasteiger partial charge on any atom is -0.483 e. The van der Waals surface area contributed by atoms with E-state index >= 15 is 0 Å². The van der Waals surface area contributed by atoms with Crippen molar-refractivity contribution in [3.63, 3.8) is 0 Å². The molecule has 33 heavy (non-hydrogen) atoms. The molecule has 0 bridgehead atoms. The van der Waals surface area contributed by atoms with Gasteiger partial charge in [0.2, 0.25) is 5.91 Å². The highest BCUT2D eigenvalue weighted by molar-refractivity contribution is 7.99. The second-order valence-electron chi connectivity index (χ2n) is 8.55. The van der Waals surface area contributed by atoms with E-state index in [1.54, 1.807) is 23.7 Å². The van der Waals surface area contributed by atoms with Crippen molar-refractivity contribution in [1.82, 2.24) is 14.8 Å². The van der Waals surface area contributed by atoms with Gasteiger partial charge in [0.15, 0.2) is 17.1 Å². The van der Waals surface area contributed by atoms with Crippen LogP contribution in [0, 0.1) is 10.1 Å². The minimum atomic E-state index is -0.532. The van der Waals surface area contributed by atoms with E-state index in [0.717, 1.165) is 5.75 Å². The van der Waals surface area contributed by atoms with Gasteiger partial charge in [0.25, 0.3) is 5.69 Å². The topological polar surface area (TPSA) is 112 Å². The number of nitrogens with one attached hydrogen (secondary N) is 1. The number of thioether (sulfide) groups is 1. The predicted molar refractivity (Wildman–Crippen MR) is 128 cm³/mol. The molecule has 1 atom stereocenters. The normalized spacial score (nSPS) is 12.3. The molecule has 0 saturated carbocycles. The molecule has 0 radical (unpaired) electrons. The minimum absolute atomic E-state index is 0.0293. The van der Waals surface area contributed by atoms with Crippen LogP contribution < -0.4 is 10.1 Å². The quantitative estimate of drug-likeness (QED) is 0.284. The van der Waals surface area contributed by atoms with Crippen molar-refractivity contribution in [3.05, 3.63) is 70.0 Å². The fourth-order valence-corrected chi connectivity index (χ4v) is 3.87. The molecule has 174 valence electrons. The summed E-state index contributed by atoms with van der Waals surface area (Å²) in [6.07, 6.45) is -0.349. The van der Waals surface area contributed by atoms with Crippen LogP contribution >= 0.6 is 11.8 Å². The summed E-state index contributed by atoms with van der Waals surface area (Å²) in [7, 11) is 1.81. The Bertz CT molecular complexity index is 1140. The van der Waals surface area contributed by atoms with Gasteiger partial charge >= 0.3 is 0 Å². The number of nitro benzene ring substituents is 1. The summed E-state index contributed by atoms with van der Waals surface area (Å²) >= 11 is 1.19. The number of ether oxygens (including phenoxy) is 1. The fraction of sp³-hybridized carbons (Fsp3) is 0.348. The molecule has 0 fully saturated rings. The lowest BCUT2D eigenvalue weighted by Gasteiger charge is -2.20. The predicted octanol–water partition coefficient (Wildman–Crippen LogP) is 4.89. The zero-order chi connectivity index (χ0) is 24.2. The van der Waals surface area contributed by atoms with E-state index in [9.17, 15) is 14.9 Å². The van der Waals surface area contributed by atoms with Crippen LogP contribution in [0.1, 0.15) is 45.2 Å². The van der Waals surface area contributed by atoms with E-state index in [2.05, 4.69) is 48.4 Å². The van der Waals surface area contributed by atoms with Gasteiger partial charge in [-0.25, -0.2) is 0 Å². The molecule has 1 unspecified atom stereocenters. The van der Waals surface area contributed by atoms with Crippen LogP contribution in [0.5, 0.6) is 5.75 Å². The average molecular weight is 470 g/mol. The first-order valence-corrected chi connectivity index (χ1v) is 11.4. The summed E-state index contributed by atoms with van der Waals surface area (Å²) in [5.74, 6) is 1.01. The largest absolute Gasteiger partial charge is 0.483 e. The van der Waals surface area contributed by atoms with Gasteiger partial charge < -0.3 is 14.6 Å². The lowest BCUT2D eigenvalue weighted by Crippen LogP contribution is -2.15. The number of para-hydroxylation sites is 2. The number of rotatable bonds is 8. The van der Waals surface area contributed by atoms with Crippen molar-refractivity contribution in [2.75, 3.05) is 11.1 Å². The van der Waals surface area contributed by atoms with Crippen LogP contribution in [-0.4, -0.2) is 31.3 Å². The van der Waals surface area contributed by atoms with Crippen LogP contribution in [0.15, 0.2) is 53.7 Å². The molecule has 0 aliphatic heterocycles. The third kappa shape index (κ3) is 6.10. The number of benzene rings is 2. The highest BCUT2D eigenvalue weighted by Gasteiger charge is 2.20. The zero-order valence-electron chi connectivity index (χ0n) is 19.2. The van der Waals surface area contributed by atoms with E-state index in [-0.39, 0.29) is 34.6 Å². The highest BCUT2D eigenvalue weighted by atomic mass is 32.2. The van der Waals surface area contributed by atoms with Gasteiger partial charge in [-0.1, -0.05) is 56.8 Å². The number of anilines is 1. The van der Waals surface area contributed by atoms with Crippen LogP contribution in [0.25, 0.3) is 0 Å². The molecular weight excluding hydrogens is 442 g/mol. The molecular formula is C23H27N5O4S. The number of amides is 1. The number of carbonyl (C=O) groups is 1. The van der Waals surface area contributed by atoms with Gasteiger partial charge in [0, 0.05) is 13.1 Å². The Morgan fingerprint density at radius 1 is 1.18 bits per heavy atom. The van der Waals surface area contributed by atoms with Gasteiger partial charge in [-0.3, -0.25) is 14.9 Å². The van der Waals surface area contributed by atoms with Crippen molar-refractivity contribution in [1.29, 1.82) is 0 Å². The molecule has 2 aromatic carbocycles. The molecule has 0 spiro atoms. The van der Waals surface area contributed by atoms with Gasteiger partial charge in [-0.05, 0) is 36.1 Å². The van der Waals surface area contributed by atoms with Gasteiger partial charge in [-0.2, -0.15) is 0 Å². The second kappa shape index (κ2) is 10.0. The number of nitro groups is 1. The molecule has 1 amide bonds. The van der Waals surface area contributed by atoms with E-state index in [4.69, 9.17) is 4.74 Å². The highest BCUT2D eigenvalue weighted by Crippen LogP contribution is 2.28. The fourth-order valence-electron chi connectivity index (χ4n) is 3.15. The maximum Gasteiger partial charge on any atom is 0.292 e. The summed E-state index contributed by atoms with van der Waals surface area (Å²) in [6, 6.07) is 14.0. The first-order chi connectivity index (χ1) is 15.6. The Morgan fingerprint density at radius 3 is 2.48 bits per heavy atom. The van der Waals surface area contributed by atoms with Crippen LogP contribution in [-0.2, 0) is 17.3 Å². The molecule has 3 rings (SSSR count). The van der Waals surface area contributed by atoms with E-state index in [1.807, 2.05) is 19.1 Å². The summed E-state index contributed by atoms with van der Waals surface area (Å²) in [5.41, 5.74) is 1.29. The van der Waals surface area contributed by atoms with Crippen molar-refractivity contribution in [3.8, 4) is 5.75 Å². The van der Waals surface area contributed by atoms with Gasteiger partial charge in [0.1, 0.15) is 11.4 Å². The molecule has 1 heterocycles. The first kappa shape index (κ1) is 24.2. The van der Waals surface area contributed by atoms with E-state index < -0.39 is 4.92 Å². The average Bonchev–Trinajstić information content (AvgIpc) is 3.12. The Hall–Kier alpha value is -3.40. The molecule has 10 heteroatoms. The molecule has 0 saturated heterocycles. The molecule has 3 aromatic rings. The van der Waals surface area contributed by atoms with Crippen molar-refractivity contribution in [2.45, 2.75) is 44.4 Å². The summed E-state index contributed by atoms with van der Waals surface area (Å²) in [6.45, 7) is 8.36. The zero-order valence-corrected chi connectivity index (χ0v) is 20.0. The lowest BCUT2D eigenvalue weighted by atomic mass is 9.87. The maximum atomic E-state index is 12.3. The van der Waals surface area contributed by atoms with Crippen molar-refractivity contribution < 1.29 is 14.5 Å². The van der Waals surface area contributed by atoms with Crippen molar-refractivity contribution >= 4 is 29.0 Å². The Balaban J connectivity index is 1.60. The monoisotopic (exact) mass is 469 g/mol. The molecule has 0 aliphatic carbocycles. The van der Waals surface area contributed by atoms with E-state index in [1.165, 1.54) is 29.5 Å². The maximum absolute atomic E-state index is 12.3. The van der Waals surface area contributed by atoms with Gasteiger partial charge in [-0.15, -0.1) is 10.2 Å². The number of carbonyl (C=O) groups excluding carboxylic acids is 1. The Morgan fingerprint density at radius 2 is 1.85 bits per heavy atom. The summed E-state index contributed by atoms with van der Waals surface area (Å²) in [4.78, 5) is 22.9. The third-order valence-electron chi connectivity index (χ3n) is 4.97. The SMILES string of the molecule is CC(Oc1ccc(C(C)(C)C)cc1)c1nnc(SCC(=O)Nc2ccccc2[N+](=O)[O-])n1C. The second-order valence-corrected chi connectivity index (χ2v) is 9.49. The molecule has 0 aliphatic rings. The molecule has 1 aromatic heterocycles. The Kier molecular flexibility index (Phi) is 7.37. The number of hydrogen-bond donors (Lipinski definition) is 1. The number of aromatic nitrogens is 3. The third-order valence-corrected chi connectivity index (χ3v) is 5.99. The standard InChI is InChI=1S/C23H27N5O4S/c1-15(32-17-12-10-16(11-13-17)23(2,3)4)21-25-26-22(27(21)5)33-14-20(29)24-18-8-6-7-9-19(18)28(30)31/h6-13,15H,14H2,1-5H3,(H,24,29). The Labute approximate surface area is 196 Å². The number of hydrogen-bond acceptors (Lipinski definition) is 7. The van der Waals surface area contributed by atoms with Crippen molar-refractivity contribution in [2.24, 2.45) is 7.05 Å². The summed E-state index contributed by atoms with van der Waals surface area (Å²) in [5, 5.41) is 22.6. The van der Waals surface area contributed by atoms with Crippen LogP contribution in [0.3, 0.4) is 0 Å². The number of nitrogens with zero attached hydrogens (tertiary/aromatic N) is 4. The van der Waals surface area contributed by atoms with E-state index in [0.29, 0.717) is 11.0 Å². The van der Waals surface area contributed by atoms with Crippen LogP contribution in [0.2, 0.25) is 0 Å². The van der Waals surface area contributed by atoms with Crippen LogP contribution in [0.4, 0.5) is 11.4 Å². The molecule has 9 nitrogen and oxygen atoms in total. The lowest BCUT2D eigenvalue weighted by molar-refractivity contribution is -0.383. The molecule has 1 N–H and O–H groups in total. The first-order valence-electron chi connectivity index (χ1n) is 10.4. The van der Waals surface area contributed by atoms with Gasteiger partial charge in [0.05, 0.1) is 10.7 Å².